The van der Waals surface area contributed by atoms with E-state index in [0.29, 0.717) is 5.75 Å². The number of benzene rings is 2. The highest BCUT2D eigenvalue weighted by atomic mass is 35.5. The maximum Gasteiger partial charge on any atom is 0.234 e. The molecule has 116 valence electrons. The Morgan fingerprint density at radius 1 is 1.27 bits per heavy atom. The third kappa shape index (κ3) is 4.68. The van der Waals surface area contributed by atoms with E-state index in [0.717, 1.165) is 22.0 Å². The Bertz CT molecular complexity index is 648. The molecule has 0 saturated carbocycles. The fourth-order valence-electron chi connectivity index (χ4n) is 1.99. The summed E-state index contributed by atoms with van der Waals surface area (Å²) in [5, 5.41) is 3.75. The van der Waals surface area contributed by atoms with E-state index in [1.165, 1.54) is 0 Å². The zero-order valence-electron chi connectivity index (χ0n) is 12.5. The van der Waals surface area contributed by atoms with Gasteiger partial charge in [-0.2, -0.15) is 0 Å². The van der Waals surface area contributed by atoms with Gasteiger partial charge in [-0.05, 0) is 30.7 Å². The summed E-state index contributed by atoms with van der Waals surface area (Å²) < 4.78 is 5.13. The van der Waals surface area contributed by atoms with Gasteiger partial charge >= 0.3 is 0 Å². The van der Waals surface area contributed by atoms with Crippen LogP contribution in [0.2, 0.25) is 5.02 Å². The quantitative estimate of drug-likeness (QED) is 0.825. The number of hydrogen-bond donors (Lipinski definition) is 1. The van der Waals surface area contributed by atoms with Crippen LogP contribution in [0, 0.1) is 0 Å². The van der Waals surface area contributed by atoms with Crippen LogP contribution in [0.15, 0.2) is 48.5 Å². The van der Waals surface area contributed by atoms with Gasteiger partial charge in [0.2, 0.25) is 5.91 Å². The van der Waals surface area contributed by atoms with Gasteiger partial charge in [-0.3, -0.25) is 4.79 Å². The molecule has 0 radical (unpaired) electrons. The average molecular weight is 336 g/mol. The van der Waals surface area contributed by atoms with E-state index in [9.17, 15) is 4.79 Å². The molecule has 1 N–H and O–H groups in total. The molecule has 0 aliphatic heterocycles. The molecule has 1 amide bonds. The minimum absolute atomic E-state index is 0.0443. The summed E-state index contributed by atoms with van der Waals surface area (Å²) in [7, 11) is 1.60. The first-order valence-electron chi connectivity index (χ1n) is 6.90. The first-order valence-corrected chi connectivity index (χ1v) is 8.32. The van der Waals surface area contributed by atoms with Gasteiger partial charge in [-0.1, -0.05) is 35.9 Å². The van der Waals surface area contributed by atoms with E-state index in [-0.39, 0.29) is 11.2 Å². The van der Waals surface area contributed by atoms with Crippen LogP contribution in [0.5, 0.6) is 5.75 Å². The minimum Gasteiger partial charge on any atom is -0.497 e. The largest absolute Gasteiger partial charge is 0.497 e. The molecule has 0 aromatic heterocycles. The zero-order valence-corrected chi connectivity index (χ0v) is 14.1. The lowest BCUT2D eigenvalue weighted by Gasteiger charge is -2.13. The molecule has 0 bridgehead atoms. The molecule has 2 aromatic rings. The van der Waals surface area contributed by atoms with Gasteiger partial charge in [-0.15, -0.1) is 11.8 Å². The van der Waals surface area contributed by atoms with Gasteiger partial charge in [-0.25, -0.2) is 0 Å². The van der Waals surface area contributed by atoms with Crippen molar-refractivity contribution in [3.63, 3.8) is 0 Å². The van der Waals surface area contributed by atoms with Crippen molar-refractivity contribution in [1.82, 2.24) is 0 Å². The van der Waals surface area contributed by atoms with E-state index >= 15 is 0 Å². The minimum atomic E-state index is -0.0443. The number of ether oxygens (including phenoxy) is 1. The van der Waals surface area contributed by atoms with Gasteiger partial charge in [0.15, 0.2) is 0 Å². The van der Waals surface area contributed by atoms with Gasteiger partial charge < -0.3 is 10.1 Å². The smallest absolute Gasteiger partial charge is 0.234 e. The van der Waals surface area contributed by atoms with Crippen molar-refractivity contribution in [2.45, 2.75) is 12.2 Å². The fraction of sp³-hybridized carbons (Fsp3) is 0.235. The Hall–Kier alpha value is -1.65. The lowest BCUT2D eigenvalue weighted by molar-refractivity contribution is -0.113. The van der Waals surface area contributed by atoms with Gasteiger partial charge in [0.1, 0.15) is 5.75 Å². The predicted molar refractivity (Wildman–Crippen MR) is 93.9 cm³/mol. The topological polar surface area (TPSA) is 38.3 Å². The van der Waals surface area contributed by atoms with Crippen molar-refractivity contribution in [1.29, 1.82) is 0 Å². The SMILES string of the molecule is COc1cccc(NC(=O)CS[C@H](C)c2ccccc2Cl)c1. The number of rotatable bonds is 6. The highest BCUT2D eigenvalue weighted by Gasteiger charge is 2.12. The summed E-state index contributed by atoms with van der Waals surface area (Å²) in [6, 6.07) is 15.0. The second kappa shape index (κ2) is 8.11. The first kappa shape index (κ1) is 16.7. The number of hydrogen-bond acceptors (Lipinski definition) is 3. The number of nitrogens with one attached hydrogen (secondary N) is 1. The van der Waals surface area contributed by atoms with Crippen LogP contribution < -0.4 is 10.1 Å². The Labute approximate surface area is 140 Å². The monoisotopic (exact) mass is 335 g/mol. The number of anilines is 1. The number of carbonyl (C=O) groups is 1. The molecule has 3 nitrogen and oxygen atoms in total. The second-order valence-corrected chi connectivity index (χ2v) is 6.49. The molecule has 22 heavy (non-hydrogen) atoms. The molecule has 2 rings (SSSR count). The van der Waals surface area contributed by atoms with Crippen LogP contribution in [0.4, 0.5) is 5.69 Å². The van der Waals surface area contributed by atoms with Crippen molar-refractivity contribution in [2.75, 3.05) is 18.2 Å². The standard InChI is InChI=1S/C17H18ClNO2S/c1-12(15-8-3-4-9-16(15)18)22-11-17(20)19-13-6-5-7-14(10-13)21-2/h3-10,12H,11H2,1-2H3,(H,19,20)/t12-/m1/s1. The Morgan fingerprint density at radius 3 is 2.77 bits per heavy atom. The summed E-state index contributed by atoms with van der Waals surface area (Å²) in [5.74, 6) is 1.04. The van der Waals surface area contributed by atoms with E-state index in [1.54, 1.807) is 24.9 Å². The van der Waals surface area contributed by atoms with Crippen LogP contribution in [0.25, 0.3) is 0 Å². The van der Waals surface area contributed by atoms with Crippen molar-refractivity contribution in [3.05, 3.63) is 59.1 Å². The predicted octanol–water partition coefficient (Wildman–Crippen LogP) is 4.78. The molecule has 0 unspecified atom stereocenters. The Balaban J connectivity index is 1.88. The summed E-state index contributed by atoms with van der Waals surface area (Å²) in [4.78, 5) is 12.0. The zero-order chi connectivity index (χ0) is 15.9. The van der Waals surface area contributed by atoms with Crippen LogP contribution in [0.3, 0.4) is 0 Å². The van der Waals surface area contributed by atoms with Crippen LogP contribution in [-0.2, 0) is 4.79 Å². The van der Waals surface area contributed by atoms with Crippen molar-refractivity contribution in [2.24, 2.45) is 0 Å². The second-order valence-electron chi connectivity index (χ2n) is 4.75. The molecule has 0 fully saturated rings. The Morgan fingerprint density at radius 2 is 2.05 bits per heavy atom. The summed E-state index contributed by atoms with van der Waals surface area (Å²) in [5.41, 5.74) is 1.78. The molecule has 5 heteroatoms. The van der Waals surface area contributed by atoms with Gasteiger partial charge in [0.05, 0.1) is 12.9 Å². The first-order chi connectivity index (χ1) is 10.6. The van der Waals surface area contributed by atoms with Gasteiger partial charge in [0, 0.05) is 22.0 Å². The van der Waals surface area contributed by atoms with E-state index in [2.05, 4.69) is 5.32 Å². The molecule has 0 aliphatic rings. The van der Waals surface area contributed by atoms with Crippen LogP contribution >= 0.6 is 23.4 Å². The summed E-state index contributed by atoms with van der Waals surface area (Å²) >= 11 is 7.72. The van der Waals surface area contributed by atoms with E-state index < -0.39 is 0 Å². The van der Waals surface area contributed by atoms with Gasteiger partial charge in [0.25, 0.3) is 0 Å². The number of amides is 1. The van der Waals surface area contributed by atoms with Crippen molar-refractivity contribution in [3.8, 4) is 5.75 Å². The average Bonchev–Trinajstić information content (AvgIpc) is 2.53. The highest BCUT2D eigenvalue weighted by Crippen LogP contribution is 2.32. The number of halogens is 1. The lowest BCUT2D eigenvalue weighted by atomic mass is 10.2. The molecule has 0 aliphatic carbocycles. The maximum atomic E-state index is 12.0. The number of thioether (sulfide) groups is 1. The molecule has 0 spiro atoms. The van der Waals surface area contributed by atoms with E-state index in [4.69, 9.17) is 16.3 Å². The normalized spacial score (nSPS) is 11.8. The summed E-state index contributed by atoms with van der Waals surface area (Å²) in [6.45, 7) is 2.05. The lowest BCUT2D eigenvalue weighted by Crippen LogP contribution is -2.14. The molecular formula is C17H18ClNO2S. The molecule has 2 aromatic carbocycles. The molecule has 1 atom stereocenters. The van der Waals surface area contributed by atoms with Crippen molar-refractivity contribution < 1.29 is 9.53 Å². The summed E-state index contributed by atoms with van der Waals surface area (Å²) in [6.07, 6.45) is 0. The molecule has 0 heterocycles. The maximum absolute atomic E-state index is 12.0. The van der Waals surface area contributed by atoms with Crippen LogP contribution in [0.1, 0.15) is 17.7 Å². The number of methoxy groups -OCH3 is 1. The third-order valence-electron chi connectivity index (χ3n) is 3.16. The molecule has 0 saturated heterocycles. The van der Waals surface area contributed by atoms with E-state index in [1.807, 2.05) is 49.4 Å². The highest BCUT2D eigenvalue weighted by molar-refractivity contribution is 8.00. The Kier molecular flexibility index (Phi) is 6.16. The number of carbonyl (C=O) groups excluding carboxylic acids is 1. The third-order valence-corrected chi connectivity index (χ3v) is 4.69. The van der Waals surface area contributed by atoms with Crippen molar-refractivity contribution >= 4 is 35.0 Å². The fourth-order valence-corrected chi connectivity index (χ4v) is 3.22. The van der Waals surface area contributed by atoms with Crippen LogP contribution in [-0.4, -0.2) is 18.8 Å². The molecular weight excluding hydrogens is 318 g/mol.